The summed E-state index contributed by atoms with van der Waals surface area (Å²) in [7, 11) is 0. The van der Waals surface area contributed by atoms with Crippen molar-refractivity contribution < 1.29 is 0 Å². The molecule has 1 aromatic rings. The SMILES string of the molecule is CCCCCCCCC(Sc1ccccc1)C(CC)(CC)CC. The van der Waals surface area contributed by atoms with Gasteiger partial charge in [-0.3, -0.25) is 0 Å². The molecule has 0 nitrogen and oxygen atoms in total. The Bertz CT molecular complexity index is 372. The number of unbranched alkanes of at least 4 members (excludes halogenated alkanes) is 5. The van der Waals surface area contributed by atoms with Crippen molar-refractivity contribution in [2.24, 2.45) is 5.41 Å². The monoisotopic (exact) mass is 334 g/mol. The first kappa shape index (κ1) is 20.6. The van der Waals surface area contributed by atoms with Crippen molar-refractivity contribution in [2.45, 2.75) is 102 Å². The van der Waals surface area contributed by atoms with Gasteiger partial charge in [0.2, 0.25) is 0 Å². The fraction of sp³-hybridized carbons (Fsp3) is 0.727. The predicted molar refractivity (Wildman–Crippen MR) is 107 cm³/mol. The van der Waals surface area contributed by atoms with Gasteiger partial charge in [-0.05, 0) is 43.2 Å². The molecule has 1 atom stereocenters. The first-order chi connectivity index (χ1) is 11.2. The lowest BCUT2D eigenvalue weighted by Crippen LogP contribution is -2.31. The van der Waals surface area contributed by atoms with E-state index in [9.17, 15) is 0 Å². The van der Waals surface area contributed by atoms with Gasteiger partial charge in [-0.25, -0.2) is 0 Å². The molecule has 0 saturated carbocycles. The fourth-order valence-corrected chi connectivity index (χ4v) is 5.37. The van der Waals surface area contributed by atoms with Crippen molar-refractivity contribution in [1.29, 1.82) is 0 Å². The summed E-state index contributed by atoms with van der Waals surface area (Å²) >= 11 is 2.14. The van der Waals surface area contributed by atoms with E-state index in [0.29, 0.717) is 5.41 Å². The van der Waals surface area contributed by atoms with Crippen LogP contribution in [-0.4, -0.2) is 5.25 Å². The highest BCUT2D eigenvalue weighted by molar-refractivity contribution is 8.00. The Morgan fingerprint density at radius 1 is 0.783 bits per heavy atom. The summed E-state index contributed by atoms with van der Waals surface area (Å²) in [5, 5.41) is 0.760. The maximum atomic E-state index is 2.40. The number of thioether (sulfide) groups is 1. The fourth-order valence-electron chi connectivity index (χ4n) is 3.70. The van der Waals surface area contributed by atoms with E-state index in [1.807, 2.05) is 0 Å². The van der Waals surface area contributed by atoms with Crippen molar-refractivity contribution in [3.8, 4) is 0 Å². The minimum Gasteiger partial charge on any atom is -0.122 e. The van der Waals surface area contributed by atoms with Gasteiger partial charge in [0, 0.05) is 10.1 Å². The Morgan fingerprint density at radius 3 is 1.91 bits per heavy atom. The van der Waals surface area contributed by atoms with E-state index in [-0.39, 0.29) is 0 Å². The van der Waals surface area contributed by atoms with Gasteiger partial charge >= 0.3 is 0 Å². The van der Waals surface area contributed by atoms with Crippen LogP contribution in [0.25, 0.3) is 0 Å². The zero-order chi connectivity index (χ0) is 17.0. The lowest BCUT2D eigenvalue weighted by molar-refractivity contribution is 0.230. The van der Waals surface area contributed by atoms with Crippen LogP contribution in [0.15, 0.2) is 35.2 Å². The Kier molecular flexibility index (Phi) is 10.8. The summed E-state index contributed by atoms with van der Waals surface area (Å²) in [5.41, 5.74) is 0.504. The van der Waals surface area contributed by atoms with Crippen molar-refractivity contribution in [3.63, 3.8) is 0 Å². The zero-order valence-electron chi connectivity index (χ0n) is 15.9. The average molecular weight is 335 g/mol. The third kappa shape index (κ3) is 6.91. The van der Waals surface area contributed by atoms with Crippen LogP contribution in [0, 0.1) is 5.41 Å². The van der Waals surface area contributed by atoms with Crippen molar-refractivity contribution in [2.75, 3.05) is 0 Å². The largest absolute Gasteiger partial charge is 0.122 e. The van der Waals surface area contributed by atoms with E-state index in [1.54, 1.807) is 0 Å². The maximum Gasteiger partial charge on any atom is 0.0150 e. The predicted octanol–water partition coefficient (Wildman–Crippen LogP) is 8.11. The standard InChI is InChI=1S/C22H38S/c1-5-9-10-11-12-16-19-21(22(6-2,7-3)8-4)23-20-17-14-13-15-18-20/h13-15,17-18,21H,5-12,16,19H2,1-4H3. The van der Waals surface area contributed by atoms with Gasteiger partial charge in [-0.15, -0.1) is 11.8 Å². The van der Waals surface area contributed by atoms with Crippen LogP contribution < -0.4 is 0 Å². The lowest BCUT2D eigenvalue weighted by atomic mass is 9.75. The van der Waals surface area contributed by atoms with Gasteiger partial charge in [0.15, 0.2) is 0 Å². The zero-order valence-corrected chi connectivity index (χ0v) is 16.8. The molecule has 0 aromatic heterocycles. The van der Waals surface area contributed by atoms with E-state index in [0.717, 1.165) is 5.25 Å². The third-order valence-electron chi connectivity index (χ3n) is 5.64. The first-order valence-electron chi connectivity index (χ1n) is 9.94. The Hall–Kier alpha value is -0.430. The minimum absolute atomic E-state index is 0.504. The number of rotatable bonds is 13. The maximum absolute atomic E-state index is 2.40. The molecule has 0 amide bonds. The smallest absolute Gasteiger partial charge is 0.0150 e. The summed E-state index contributed by atoms with van der Waals surface area (Å²) in [6.45, 7) is 9.48. The molecule has 0 heterocycles. The van der Waals surface area contributed by atoms with Gasteiger partial charge < -0.3 is 0 Å². The van der Waals surface area contributed by atoms with Gasteiger partial charge in [0.25, 0.3) is 0 Å². The van der Waals surface area contributed by atoms with E-state index in [4.69, 9.17) is 0 Å². The average Bonchev–Trinajstić information content (AvgIpc) is 2.60. The van der Waals surface area contributed by atoms with Gasteiger partial charge in [-0.2, -0.15) is 0 Å². The second-order valence-electron chi connectivity index (χ2n) is 6.90. The summed E-state index contributed by atoms with van der Waals surface area (Å²) in [5.74, 6) is 0. The van der Waals surface area contributed by atoms with Crippen LogP contribution in [-0.2, 0) is 0 Å². The van der Waals surface area contributed by atoms with Crippen LogP contribution in [0.5, 0.6) is 0 Å². The second-order valence-corrected chi connectivity index (χ2v) is 8.18. The Balaban J connectivity index is 2.64. The van der Waals surface area contributed by atoms with E-state index >= 15 is 0 Å². The van der Waals surface area contributed by atoms with Crippen LogP contribution in [0.3, 0.4) is 0 Å². The molecule has 1 aromatic carbocycles. The molecule has 1 rings (SSSR count). The highest BCUT2D eigenvalue weighted by atomic mass is 32.2. The molecule has 0 radical (unpaired) electrons. The van der Waals surface area contributed by atoms with Gasteiger partial charge in [-0.1, -0.05) is 84.4 Å². The summed E-state index contributed by atoms with van der Waals surface area (Å²) in [6.07, 6.45) is 13.7. The van der Waals surface area contributed by atoms with Crippen molar-refractivity contribution in [3.05, 3.63) is 30.3 Å². The van der Waals surface area contributed by atoms with Crippen LogP contribution in [0.4, 0.5) is 0 Å². The molecular formula is C22H38S. The molecular weight excluding hydrogens is 296 g/mol. The molecule has 0 N–H and O–H groups in total. The third-order valence-corrected chi connectivity index (χ3v) is 7.20. The molecule has 0 saturated heterocycles. The molecule has 23 heavy (non-hydrogen) atoms. The van der Waals surface area contributed by atoms with Crippen LogP contribution >= 0.6 is 11.8 Å². The molecule has 0 bridgehead atoms. The van der Waals surface area contributed by atoms with Crippen LogP contribution in [0.1, 0.15) is 91.9 Å². The van der Waals surface area contributed by atoms with Crippen LogP contribution in [0.2, 0.25) is 0 Å². The second kappa shape index (κ2) is 12.0. The highest BCUT2D eigenvalue weighted by Gasteiger charge is 2.34. The summed E-state index contributed by atoms with van der Waals surface area (Å²) in [6, 6.07) is 11.0. The molecule has 0 aliphatic heterocycles. The normalized spacial score (nSPS) is 13.2. The molecule has 0 fully saturated rings. The molecule has 0 aliphatic carbocycles. The van der Waals surface area contributed by atoms with Gasteiger partial charge in [0.05, 0.1) is 0 Å². The summed E-state index contributed by atoms with van der Waals surface area (Å²) in [4.78, 5) is 1.45. The van der Waals surface area contributed by atoms with E-state index in [2.05, 4.69) is 69.8 Å². The highest BCUT2D eigenvalue weighted by Crippen LogP contribution is 2.45. The van der Waals surface area contributed by atoms with Gasteiger partial charge in [0.1, 0.15) is 0 Å². The molecule has 1 unspecified atom stereocenters. The minimum atomic E-state index is 0.504. The Morgan fingerprint density at radius 2 is 1.35 bits per heavy atom. The molecule has 0 spiro atoms. The number of hydrogen-bond donors (Lipinski definition) is 0. The van der Waals surface area contributed by atoms with Crippen molar-refractivity contribution >= 4 is 11.8 Å². The Labute approximate surface area is 149 Å². The molecule has 132 valence electrons. The molecule has 0 aliphatic rings. The van der Waals surface area contributed by atoms with E-state index < -0.39 is 0 Å². The first-order valence-corrected chi connectivity index (χ1v) is 10.8. The topological polar surface area (TPSA) is 0 Å². The van der Waals surface area contributed by atoms with E-state index in [1.165, 1.54) is 69.1 Å². The summed E-state index contributed by atoms with van der Waals surface area (Å²) < 4.78 is 0. The molecule has 1 heteroatoms. The lowest BCUT2D eigenvalue weighted by Gasteiger charge is -2.39. The number of benzene rings is 1. The quantitative estimate of drug-likeness (QED) is 0.259. The number of hydrogen-bond acceptors (Lipinski definition) is 1. The van der Waals surface area contributed by atoms with Crippen molar-refractivity contribution in [1.82, 2.24) is 0 Å².